The van der Waals surface area contributed by atoms with E-state index in [4.69, 9.17) is 9.72 Å². The minimum absolute atomic E-state index is 0.414. The van der Waals surface area contributed by atoms with Crippen molar-refractivity contribution in [1.82, 2.24) is 24.8 Å². The lowest BCUT2D eigenvalue weighted by Gasteiger charge is -2.11. The normalized spacial score (nSPS) is 18.5. The van der Waals surface area contributed by atoms with Crippen molar-refractivity contribution in [2.45, 2.75) is 32.4 Å². The zero-order valence-electron chi connectivity index (χ0n) is 12.6. The molecule has 1 aliphatic heterocycles. The lowest BCUT2D eigenvalue weighted by atomic mass is 10.2. The highest BCUT2D eigenvalue weighted by Gasteiger charge is 2.19. The van der Waals surface area contributed by atoms with E-state index < -0.39 is 0 Å². The molecule has 0 aromatic carbocycles. The number of rotatable bonds is 6. The number of imidazole rings is 1. The van der Waals surface area contributed by atoms with Crippen LogP contribution >= 0.6 is 0 Å². The van der Waals surface area contributed by atoms with Gasteiger partial charge in [0.2, 0.25) is 0 Å². The summed E-state index contributed by atoms with van der Waals surface area (Å²) >= 11 is 0. The summed E-state index contributed by atoms with van der Waals surface area (Å²) < 4.78 is 7.30. The number of hydrogen-bond acceptors (Lipinski definition) is 6. The lowest BCUT2D eigenvalue weighted by Crippen LogP contribution is -2.22. The molecule has 1 fully saturated rings. The maximum atomic E-state index is 5.17. The van der Waals surface area contributed by atoms with E-state index in [0.29, 0.717) is 12.6 Å². The van der Waals surface area contributed by atoms with E-state index in [0.717, 1.165) is 55.3 Å². The van der Waals surface area contributed by atoms with Gasteiger partial charge in [-0.1, -0.05) is 0 Å². The third-order valence-electron chi connectivity index (χ3n) is 3.86. The molecule has 0 unspecified atom stereocenters. The fraction of sp³-hybridized carbons (Fsp3) is 0.643. The first kappa shape index (κ1) is 14.2. The number of aromatic nitrogens is 4. The predicted octanol–water partition coefficient (Wildman–Crippen LogP) is 0.809. The van der Waals surface area contributed by atoms with Crippen molar-refractivity contribution in [2.24, 2.45) is 0 Å². The average Bonchev–Trinajstić information content (AvgIpc) is 3.12. The van der Waals surface area contributed by atoms with Gasteiger partial charge in [-0.25, -0.2) is 15.0 Å². The van der Waals surface area contributed by atoms with Crippen LogP contribution in [-0.4, -0.2) is 52.4 Å². The number of methoxy groups -OCH3 is 1. The summed E-state index contributed by atoms with van der Waals surface area (Å²) in [6.07, 6.45) is 3.50. The third kappa shape index (κ3) is 2.84. The minimum Gasteiger partial charge on any atom is -0.384 e. The second-order valence-corrected chi connectivity index (χ2v) is 5.24. The zero-order chi connectivity index (χ0) is 14.7. The van der Waals surface area contributed by atoms with Crippen LogP contribution in [0.2, 0.25) is 0 Å². The maximum Gasteiger partial charge on any atom is 0.165 e. The van der Waals surface area contributed by atoms with Crippen LogP contribution in [0.15, 0.2) is 6.33 Å². The number of aryl methyl sites for hydroxylation is 1. The Kier molecular flexibility index (Phi) is 4.31. The maximum absolute atomic E-state index is 5.17. The summed E-state index contributed by atoms with van der Waals surface area (Å²) in [6.45, 7) is 5.63. The smallest absolute Gasteiger partial charge is 0.165 e. The summed E-state index contributed by atoms with van der Waals surface area (Å²) in [7, 11) is 1.71. The van der Waals surface area contributed by atoms with Gasteiger partial charge < -0.3 is 19.9 Å². The van der Waals surface area contributed by atoms with Crippen molar-refractivity contribution in [3.05, 3.63) is 12.2 Å². The van der Waals surface area contributed by atoms with Crippen molar-refractivity contribution in [2.75, 3.05) is 32.1 Å². The van der Waals surface area contributed by atoms with Gasteiger partial charge in [-0.15, -0.1) is 0 Å². The molecule has 3 rings (SSSR count). The van der Waals surface area contributed by atoms with Gasteiger partial charge >= 0.3 is 0 Å². The molecule has 2 N–H and O–H groups in total. The highest BCUT2D eigenvalue weighted by Crippen LogP contribution is 2.21. The van der Waals surface area contributed by atoms with Gasteiger partial charge in [0.15, 0.2) is 17.0 Å². The number of anilines is 1. The van der Waals surface area contributed by atoms with Crippen LogP contribution in [-0.2, 0) is 17.7 Å². The largest absolute Gasteiger partial charge is 0.384 e. The number of hydrogen-bond donors (Lipinski definition) is 2. The second kappa shape index (κ2) is 6.36. The van der Waals surface area contributed by atoms with Crippen molar-refractivity contribution in [1.29, 1.82) is 0 Å². The highest BCUT2D eigenvalue weighted by atomic mass is 16.5. The highest BCUT2D eigenvalue weighted by molar-refractivity contribution is 5.83. The minimum atomic E-state index is 0.414. The number of fused-ring (bicyclic) bond motifs is 1. The van der Waals surface area contributed by atoms with Crippen molar-refractivity contribution < 1.29 is 4.74 Å². The molecule has 114 valence electrons. The molecule has 1 aliphatic rings. The zero-order valence-corrected chi connectivity index (χ0v) is 12.6. The van der Waals surface area contributed by atoms with Gasteiger partial charge in [0.1, 0.15) is 12.2 Å². The van der Waals surface area contributed by atoms with Crippen LogP contribution < -0.4 is 10.6 Å². The summed E-state index contributed by atoms with van der Waals surface area (Å²) in [5.74, 6) is 1.84. The molecule has 2 aromatic heterocycles. The first-order chi connectivity index (χ1) is 10.3. The van der Waals surface area contributed by atoms with Crippen LogP contribution in [0.5, 0.6) is 0 Å². The molecule has 3 heterocycles. The molecule has 0 amide bonds. The molecular weight excluding hydrogens is 268 g/mol. The molecule has 0 aliphatic carbocycles. The Morgan fingerprint density at radius 1 is 1.48 bits per heavy atom. The third-order valence-corrected chi connectivity index (χ3v) is 3.86. The molecule has 7 heteroatoms. The monoisotopic (exact) mass is 290 g/mol. The van der Waals surface area contributed by atoms with E-state index >= 15 is 0 Å². The molecule has 0 bridgehead atoms. The number of ether oxygens (including phenoxy) is 1. The number of nitrogens with one attached hydrogen (secondary N) is 2. The number of nitrogens with zero attached hydrogens (tertiary/aromatic N) is 4. The Labute approximate surface area is 124 Å². The Morgan fingerprint density at radius 2 is 2.38 bits per heavy atom. The van der Waals surface area contributed by atoms with Crippen LogP contribution in [0.3, 0.4) is 0 Å². The molecule has 7 nitrogen and oxygen atoms in total. The van der Waals surface area contributed by atoms with Crippen molar-refractivity contribution in [3.8, 4) is 0 Å². The summed E-state index contributed by atoms with van der Waals surface area (Å²) in [5, 5.41) is 6.83. The van der Waals surface area contributed by atoms with E-state index in [9.17, 15) is 0 Å². The van der Waals surface area contributed by atoms with Crippen molar-refractivity contribution in [3.63, 3.8) is 0 Å². The molecular formula is C14H22N6O. The predicted molar refractivity (Wildman–Crippen MR) is 81.5 cm³/mol. The van der Waals surface area contributed by atoms with E-state index in [1.54, 1.807) is 13.4 Å². The van der Waals surface area contributed by atoms with E-state index in [-0.39, 0.29) is 0 Å². The Morgan fingerprint density at radius 3 is 3.10 bits per heavy atom. The van der Waals surface area contributed by atoms with Crippen LogP contribution in [0.25, 0.3) is 11.2 Å². The molecule has 2 aromatic rings. The first-order valence-corrected chi connectivity index (χ1v) is 7.49. The van der Waals surface area contributed by atoms with Crippen LogP contribution in [0, 0.1) is 0 Å². The van der Waals surface area contributed by atoms with E-state index in [1.165, 1.54) is 0 Å². The average molecular weight is 290 g/mol. The van der Waals surface area contributed by atoms with E-state index in [1.807, 2.05) is 0 Å². The topological polar surface area (TPSA) is 76.9 Å². The van der Waals surface area contributed by atoms with Crippen LogP contribution in [0.4, 0.5) is 5.82 Å². The molecule has 21 heavy (non-hydrogen) atoms. The molecule has 1 atom stereocenters. The summed E-state index contributed by atoms with van der Waals surface area (Å²) in [5.41, 5.74) is 1.75. The first-order valence-electron chi connectivity index (χ1n) is 7.49. The SMILES string of the molecule is CCn1c(CCOC)nc2c(N[C@H]3CCNC3)ncnc21. The Hall–Kier alpha value is -1.73. The molecule has 0 radical (unpaired) electrons. The van der Waals surface area contributed by atoms with Crippen LogP contribution in [0.1, 0.15) is 19.2 Å². The molecule has 0 saturated carbocycles. The lowest BCUT2D eigenvalue weighted by molar-refractivity contribution is 0.199. The van der Waals surface area contributed by atoms with Gasteiger partial charge in [-0.05, 0) is 19.9 Å². The standard InChI is InChI=1S/C14H22N6O/c1-3-20-11(5-7-21-2)19-12-13(16-9-17-14(12)20)18-10-4-6-15-8-10/h9-10,15H,3-8H2,1-2H3,(H,16,17,18)/t10-/m0/s1. The Bertz CT molecular complexity index is 605. The van der Waals surface area contributed by atoms with Gasteiger partial charge in [0.05, 0.1) is 6.61 Å². The quantitative estimate of drug-likeness (QED) is 0.820. The van der Waals surface area contributed by atoms with Gasteiger partial charge in [-0.2, -0.15) is 0 Å². The second-order valence-electron chi connectivity index (χ2n) is 5.24. The van der Waals surface area contributed by atoms with Crippen molar-refractivity contribution >= 4 is 17.0 Å². The van der Waals surface area contributed by atoms with Gasteiger partial charge in [0.25, 0.3) is 0 Å². The molecule has 0 spiro atoms. The van der Waals surface area contributed by atoms with Gasteiger partial charge in [-0.3, -0.25) is 0 Å². The summed E-state index contributed by atoms with van der Waals surface area (Å²) in [4.78, 5) is 13.5. The fourth-order valence-electron chi connectivity index (χ4n) is 2.77. The summed E-state index contributed by atoms with van der Waals surface area (Å²) in [6, 6.07) is 0.414. The van der Waals surface area contributed by atoms with E-state index in [2.05, 4.69) is 32.1 Å². The van der Waals surface area contributed by atoms with Gasteiger partial charge in [0, 0.05) is 32.7 Å². The fourth-order valence-corrected chi connectivity index (χ4v) is 2.77. The Balaban J connectivity index is 1.95. The molecule has 1 saturated heterocycles.